The molecule has 1 aromatic carbocycles. The van der Waals surface area contributed by atoms with E-state index in [1.54, 1.807) is 6.07 Å². The van der Waals surface area contributed by atoms with E-state index in [4.69, 9.17) is 5.84 Å². The third kappa shape index (κ3) is 4.51. The van der Waals surface area contributed by atoms with Crippen LogP contribution >= 0.6 is 0 Å². The van der Waals surface area contributed by atoms with Gasteiger partial charge in [0.1, 0.15) is 0 Å². The highest BCUT2D eigenvalue weighted by molar-refractivity contribution is 5.26. The molecule has 0 aliphatic carbocycles. The number of hydrazine groups is 1. The van der Waals surface area contributed by atoms with Gasteiger partial charge in [0.2, 0.25) is 0 Å². The van der Waals surface area contributed by atoms with E-state index in [1.807, 2.05) is 0 Å². The summed E-state index contributed by atoms with van der Waals surface area (Å²) in [6, 6.07) is 5.44. The predicted octanol–water partition coefficient (Wildman–Crippen LogP) is 3.52. The van der Waals surface area contributed by atoms with E-state index < -0.39 is 11.7 Å². The lowest BCUT2D eigenvalue weighted by molar-refractivity contribution is -0.137. The molecule has 0 heterocycles. The molecule has 5 heteroatoms. The number of rotatable bonds is 6. The maximum Gasteiger partial charge on any atom is 0.416 e. The maximum atomic E-state index is 12.6. The van der Waals surface area contributed by atoms with Gasteiger partial charge in [-0.3, -0.25) is 11.3 Å². The molecule has 1 aromatic rings. The fraction of sp³-hybridized carbons (Fsp3) is 0.571. The lowest BCUT2D eigenvalue weighted by Gasteiger charge is -2.24. The van der Waals surface area contributed by atoms with E-state index in [1.165, 1.54) is 12.1 Å². The van der Waals surface area contributed by atoms with Gasteiger partial charge in [-0.15, -0.1) is 0 Å². The molecule has 0 radical (unpaired) electrons. The van der Waals surface area contributed by atoms with Crippen LogP contribution in [0, 0.1) is 5.92 Å². The highest BCUT2D eigenvalue weighted by atomic mass is 19.4. The van der Waals surface area contributed by atoms with E-state index in [2.05, 4.69) is 19.3 Å². The standard InChI is InChI=1S/C14H21F3N2/c1-3-11(4-2)13(19-18)9-10-6-5-7-12(8-10)14(15,16)17/h5-8,11,13,19H,3-4,9,18H2,1-2H3. The van der Waals surface area contributed by atoms with Gasteiger partial charge >= 0.3 is 6.18 Å². The normalized spacial score (nSPS) is 13.8. The molecule has 0 aliphatic heterocycles. The molecule has 1 unspecified atom stereocenters. The van der Waals surface area contributed by atoms with Crippen molar-refractivity contribution in [1.29, 1.82) is 0 Å². The fourth-order valence-corrected chi connectivity index (χ4v) is 2.35. The molecule has 19 heavy (non-hydrogen) atoms. The Morgan fingerprint density at radius 2 is 1.84 bits per heavy atom. The molecule has 0 amide bonds. The largest absolute Gasteiger partial charge is 0.416 e. The summed E-state index contributed by atoms with van der Waals surface area (Å²) in [7, 11) is 0. The minimum absolute atomic E-state index is 0.00140. The summed E-state index contributed by atoms with van der Waals surface area (Å²) in [5.41, 5.74) is 2.78. The molecular formula is C14H21F3N2. The molecule has 0 bridgehead atoms. The first kappa shape index (κ1) is 16.0. The second kappa shape index (κ2) is 6.91. The number of benzene rings is 1. The van der Waals surface area contributed by atoms with Gasteiger partial charge < -0.3 is 0 Å². The monoisotopic (exact) mass is 274 g/mol. The summed E-state index contributed by atoms with van der Waals surface area (Å²) >= 11 is 0. The van der Waals surface area contributed by atoms with E-state index in [0.29, 0.717) is 17.9 Å². The van der Waals surface area contributed by atoms with Crippen molar-refractivity contribution < 1.29 is 13.2 Å². The van der Waals surface area contributed by atoms with E-state index in [9.17, 15) is 13.2 Å². The first-order valence-electron chi connectivity index (χ1n) is 6.54. The summed E-state index contributed by atoms with van der Waals surface area (Å²) < 4.78 is 37.9. The van der Waals surface area contributed by atoms with Crippen LogP contribution in [0.3, 0.4) is 0 Å². The van der Waals surface area contributed by atoms with E-state index in [-0.39, 0.29) is 6.04 Å². The SMILES string of the molecule is CCC(CC)C(Cc1cccc(C(F)(F)F)c1)NN. The van der Waals surface area contributed by atoms with Crippen molar-refractivity contribution in [3.8, 4) is 0 Å². The summed E-state index contributed by atoms with van der Waals surface area (Å²) in [5.74, 6) is 5.88. The van der Waals surface area contributed by atoms with Crippen LogP contribution in [-0.4, -0.2) is 6.04 Å². The zero-order chi connectivity index (χ0) is 14.5. The summed E-state index contributed by atoms with van der Waals surface area (Å²) in [5, 5.41) is 0. The minimum atomic E-state index is -4.30. The molecule has 2 nitrogen and oxygen atoms in total. The average molecular weight is 274 g/mol. The van der Waals surface area contributed by atoms with Crippen LogP contribution in [0.2, 0.25) is 0 Å². The quantitative estimate of drug-likeness (QED) is 0.615. The Hall–Kier alpha value is -1.07. The highest BCUT2D eigenvalue weighted by Crippen LogP contribution is 2.30. The van der Waals surface area contributed by atoms with Crippen molar-refractivity contribution in [3.05, 3.63) is 35.4 Å². The van der Waals surface area contributed by atoms with E-state index in [0.717, 1.165) is 18.9 Å². The molecule has 1 rings (SSSR count). The van der Waals surface area contributed by atoms with Crippen LogP contribution in [0.25, 0.3) is 0 Å². The van der Waals surface area contributed by atoms with Gasteiger partial charge in [0.05, 0.1) is 5.56 Å². The predicted molar refractivity (Wildman–Crippen MR) is 70.3 cm³/mol. The number of halogens is 3. The van der Waals surface area contributed by atoms with Gasteiger partial charge in [-0.1, -0.05) is 44.9 Å². The van der Waals surface area contributed by atoms with Crippen LogP contribution in [0.4, 0.5) is 13.2 Å². The number of nitrogens with one attached hydrogen (secondary N) is 1. The van der Waals surface area contributed by atoms with Gasteiger partial charge in [0.15, 0.2) is 0 Å². The topological polar surface area (TPSA) is 38.0 Å². The Morgan fingerprint density at radius 3 is 2.32 bits per heavy atom. The second-order valence-electron chi connectivity index (χ2n) is 4.75. The molecule has 0 aliphatic rings. The molecule has 1 atom stereocenters. The Kier molecular flexibility index (Phi) is 5.82. The zero-order valence-corrected chi connectivity index (χ0v) is 11.3. The molecule has 0 fully saturated rings. The Bertz CT molecular complexity index is 387. The first-order chi connectivity index (χ1) is 8.92. The van der Waals surface area contributed by atoms with Crippen LogP contribution in [0.5, 0.6) is 0 Å². The third-order valence-corrected chi connectivity index (χ3v) is 3.54. The lowest BCUT2D eigenvalue weighted by atomic mass is 9.89. The van der Waals surface area contributed by atoms with Crippen LogP contribution in [-0.2, 0) is 12.6 Å². The van der Waals surface area contributed by atoms with Crippen LogP contribution in [0.1, 0.15) is 37.8 Å². The van der Waals surface area contributed by atoms with Crippen molar-refractivity contribution in [2.75, 3.05) is 0 Å². The number of nitrogens with two attached hydrogens (primary N) is 1. The number of alkyl halides is 3. The Labute approximate surface area is 112 Å². The highest BCUT2D eigenvalue weighted by Gasteiger charge is 2.30. The zero-order valence-electron chi connectivity index (χ0n) is 11.3. The van der Waals surface area contributed by atoms with Crippen LogP contribution < -0.4 is 11.3 Å². The van der Waals surface area contributed by atoms with Crippen molar-refractivity contribution in [2.45, 2.75) is 45.3 Å². The molecular weight excluding hydrogens is 253 g/mol. The molecule has 0 saturated carbocycles. The van der Waals surface area contributed by atoms with Gasteiger partial charge in [-0.05, 0) is 24.0 Å². The average Bonchev–Trinajstić information content (AvgIpc) is 2.38. The molecule has 3 N–H and O–H groups in total. The summed E-state index contributed by atoms with van der Waals surface area (Å²) in [6.45, 7) is 4.12. The molecule has 108 valence electrons. The van der Waals surface area contributed by atoms with Crippen molar-refractivity contribution in [2.24, 2.45) is 11.8 Å². The number of hydrogen-bond donors (Lipinski definition) is 2. The minimum Gasteiger partial charge on any atom is -0.271 e. The fourth-order valence-electron chi connectivity index (χ4n) is 2.35. The summed E-state index contributed by atoms with van der Waals surface area (Å²) in [4.78, 5) is 0. The lowest BCUT2D eigenvalue weighted by Crippen LogP contribution is -2.42. The van der Waals surface area contributed by atoms with Crippen molar-refractivity contribution >= 4 is 0 Å². The van der Waals surface area contributed by atoms with E-state index >= 15 is 0 Å². The maximum absolute atomic E-state index is 12.6. The first-order valence-corrected chi connectivity index (χ1v) is 6.54. The molecule has 0 aromatic heterocycles. The van der Waals surface area contributed by atoms with Gasteiger partial charge in [0, 0.05) is 6.04 Å². The summed E-state index contributed by atoms with van der Waals surface area (Å²) in [6.07, 6.45) is -1.89. The third-order valence-electron chi connectivity index (χ3n) is 3.54. The Morgan fingerprint density at radius 1 is 1.21 bits per heavy atom. The van der Waals surface area contributed by atoms with Gasteiger partial charge in [-0.25, -0.2) is 0 Å². The number of hydrogen-bond acceptors (Lipinski definition) is 2. The van der Waals surface area contributed by atoms with Gasteiger partial charge in [-0.2, -0.15) is 13.2 Å². The van der Waals surface area contributed by atoms with Crippen molar-refractivity contribution in [3.63, 3.8) is 0 Å². The second-order valence-corrected chi connectivity index (χ2v) is 4.75. The van der Waals surface area contributed by atoms with Crippen molar-refractivity contribution in [1.82, 2.24) is 5.43 Å². The molecule has 0 spiro atoms. The molecule has 0 saturated heterocycles. The smallest absolute Gasteiger partial charge is 0.271 e. The Balaban J connectivity index is 2.86. The van der Waals surface area contributed by atoms with Crippen LogP contribution in [0.15, 0.2) is 24.3 Å². The van der Waals surface area contributed by atoms with Gasteiger partial charge in [0.25, 0.3) is 0 Å².